The Bertz CT molecular complexity index is 508. The molecule has 0 aromatic heterocycles. The van der Waals surface area contributed by atoms with Gasteiger partial charge in [-0.25, -0.2) is 4.57 Å². The number of hydrogen-bond donors (Lipinski definition) is 0. The molecule has 0 amide bonds. The second kappa shape index (κ2) is 8.47. The van der Waals surface area contributed by atoms with Gasteiger partial charge in [0, 0.05) is 18.5 Å². The minimum absolute atomic E-state index is 0.0190. The highest BCUT2D eigenvalue weighted by Crippen LogP contribution is 2.47. The maximum absolute atomic E-state index is 12.2. The van der Waals surface area contributed by atoms with Crippen molar-refractivity contribution in [3.05, 3.63) is 0 Å². The predicted octanol–water partition coefficient (Wildman–Crippen LogP) is 2.91. The lowest BCUT2D eigenvalue weighted by atomic mass is 9.82. The molecule has 0 spiro atoms. The fourth-order valence-corrected chi connectivity index (χ4v) is 3.56. The van der Waals surface area contributed by atoms with Crippen molar-refractivity contribution in [1.82, 2.24) is 0 Å². The van der Waals surface area contributed by atoms with Crippen LogP contribution in [-0.4, -0.2) is 31.6 Å². The number of carbonyl (C=O) groups is 2. The smallest absolute Gasteiger partial charge is 0.405 e. The molecule has 0 aromatic carbocycles. The van der Waals surface area contributed by atoms with Crippen LogP contribution in [0.3, 0.4) is 0 Å². The number of rotatable bonds is 7. The van der Waals surface area contributed by atoms with Gasteiger partial charge >= 0.3 is 13.6 Å². The average molecular weight is 330 g/mol. The Morgan fingerprint density at radius 3 is 2.32 bits per heavy atom. The maximum Gasteiger partial charge on any atom is 0.405 e. The molecule has 1 saturated carbocycles. The monoisotopic (exact) mass is 330 g/mol. The van der Waals surface area contributed by atoms with Gasteiger partial charge in [0.2, 0.25) is 0 Å². The Morgan fingerprint density at radius 1 is 1.23 bits per heavy atom. The number of hydrogen-bond acceptors (Lipinski definition) is 6. The number of ketones is 1. The Hall–Kier alpha value is -1.15. The summed E-state index contributed by atoms with van der Waals surface area (Å²) in [5, 5.41) is 0. The van der Waals surface area contributed by atoms with Gasteiger partial charge in [-0.05, 0) is 33.6 Å². The Kier molecular flexibility index (Phi) is 7.28. The Morgan fingerprint density at radius 2 is 1.86 bits per heavy atom. The van der Waals surface area contributed by atoms with E-state index in [1.165, 1.54) is 0 Å². The summed E-state index contributed by atoms with van der Waals surface area (Å²) in [6.07, 6.45) is 1.37. The average Bonchev–Trinajstić information content (AvgIpc) is 2.82. The Labute approximate surface area is 131 Å². The van der Waals surface area contributed by atoms with Crippen molar-refractivity contribution >= 4 is 19.3 Å². The van der Waals surface area contributed by atoms with Crippen molar-refractivity contribution in [3.63, 3.8) is 0 Å². The number of Topliss-reactive ketones (excluding diaryl/α,β-unsaturated/α-hetero) is 1. The summed E-state index contributed by atoms with van der Waals surface area (Å²) in [4.78, 5) is 24.3. The highest BCUT2D eigenvalue weighted by Gasteiger charge is 2.49. The molecular formula is C15H23O6P. The van der Waals surface area contributed by atoms with E-state index in [1.807, 2.05) is 0 Å². The van der Waals surface area contributed by atoms with Crippen molar-refractivity contribution in [2.24, 2.45) is 5.41 Å². The van der Waals surface area contributed by atoms with Crippen LogP contribution in [-0.2, 0) is 27.9 Å². The van der Waals surface area contributed by atoms with Gasteiger partial charge in [-0.15, -0.1) is 0 Å². The van der Waals surface area contributed by atoms with E-state index in [2.05, 4.69) is 11.6 Å². The molecule has 0 N–H and O–H groups in total. The van der Waals surface area contributed by atoms with Crippen LogP contribution in [0.2, 0.25) is 0 Å². The van der Waals surface area contributed by atoms with E-state index < -0.39 is 19.0 Å². The molecule has 6 nitrogen and oxygen atoms in total. The molecule has 0 aromatic rings. The van der Waals surface area contributed by atoms with E-state index in [9.17, 15) is 14.2 Å². The van der Waals surface area contributed by atoms with Gasteiger partial charge in [-0.3, -0.25) is 18.6 Å². The zero-order valence-electron chi connectivity index (χ0n) is 13.3. The van der Waals surface area contributed by atoms with Gasteiger partial charge in [0.25, 0.3) is 0 Å². The molecule has 1 aliphatic rings. The third-order valence-electron chi connectivity index (χ3n) is 3.41. The van der Waals surface area contributed by atoms with Crippen LogP contribution < -0.4 is 0 Å². The number of carbonyl (C=O) groups excluding carboxylic acids is 2. The van der Waals surface area contributed by atoms with E-state index in [0.717, 1.165) is 0 Å². The molecule has 0 bridgehead atoms. The summed E-state index contributed by atoms with van der Waals surface area (Å²) in [5.74, 6) is 1.95. The highest BCUT2D eigenvalue weighted by atomic mass is 31.2. The van der Waals surface area contributed by atoms with Crippen molar-refractivity contribution in [2.75, 3.05) is 19.8 Å². The van der Waals surface area contributed by atoms with Crippen LogP contribution in [0.25, 0.3) is 0 Å². The van der Waals surface area contributed by atoms with Gasteiger partial charge in [0.05, 0.1) is 19.8 Å². The summed E-state index contributed by atoms with van der Waals surface area (Å²) in [7, 11) is -3.50. The number of ether oxygens (including phenoxy) is 1. The van der Waals surface area contributed by atoms with Crippen molar-refractivity contribution in [2.45, 2.75) is 46.5 Å². The topological polar surface area (TPSA) is 78.9 Å². The lowest BCUT2D eigenvalue weighted by molar-refractivity contribution is -0.158. The van der Waals surface area contributed by atoms with Crippen LogP contribution >= 0.6 is 7.60 Å². The van der Waals surface area contributed by atoms with Crippen molar-refractivity contribution < 1.29 is 27.9 Å². The van der Waals surface area contributed by atoms with Gasteiger partial charge in [-0.2, -0.15) is 0 Å². The SMILES string of the molecule is CCOC(=O)C1(CC#CP(=O)(OCC)OCC)CCCC1=O. The second-order valence-corrected chi connectivity index (χ2v) is 6.61. The highest BCUT2D eigenvalue weighted by molar-refractivity contribution is 7.59. The van der Waals surface area contributed by atoms with Crippen LogP contribution in [0.5, 0.6) is 0 Å². The van der Waals surface area contributed by atoms with E-state index in [-0.39, 0.29) is 32.0 Å². The molecule has 1 rings (SSSR count). The van der Waals surface area contributed by atoms with Crippen LogP contribution in [0, 0.1) is 17.0 Å². The normalized spacial score (nSPS) is 21.3. The molecule has 1 unspecified atom stereocenters. The molecule has 124 valence electrons. The molecule has 0 saturated heterocycles. The molecule has 0 aliphatic heterocycles. The van der Waals surface area contributed by atoms with Gasteiger partial charge in [-0.1, -0.05) is 5.92 Å². The zero-order valence-corrected chi connectivity index (χ0v) is 14.2. The first-order valence-corrected chi connectivity index (χ1v) is 9.08. The third kappa shape index (κ3) is 4.42. The molecule has 1 atom stereocenters. The number of esters is 1. The molecule has 0 heterocycles. The predicted molar refractivity (Wildman–Crippen MR) is 81.2 cm³/mol. The quantitative estimate of drug-likeness (QED) is 0.309. The van der Waals surface area contributed by atoms with Crippen molar-refractivity contribution in [3.8, 4) is 11.6 Å². The summed E-state index contributed by atoms with van der Waals surface area (Å²) < 4.78 is 27.4. The minimum atomic E-state index is -3.50. The van der Waals surface area contributed by atoms with E-state index in [1.54, 1.807) is 20.8 Å². The Balaban J connectivity index is 2.94. The van der Waals surface area contributed by atoms with Crippen LogP contribution in [0.15, 0.2) is 0 Å². The van der Waals surface area contributed by atoms with Crippen LogP contribution in [0.1, 0.15) is 46.5 Å². The largest absolute Gasteiger partial charge is 0.465 e. The summed E-state index contributed by atoms with van der Waals surface area (Å²) in [5.41, 5.74) is 1.24. The van der Waals surface area contributed by atoms with E-state index in [0.29, 0.717) is 19.3 Å². The first-order chi connectivity index (χ1) is 10.4. The summed E-state index contributed by atoms with van der Waals surface area (Å²) in [6, 6.07) is 0. The summed E-state index contributed by atoms with van der Waals surface area (Å²) in [6.45, 7) is 5.68. The van der Waals surface area contributed by atoms with Gasteiger partial charge < -0.3 is 4.74 Å². The van der Waals surface area contributed by atoms with Gasteiger partial charge in [0.15, 0.2) is 5.78 Å². The molecule has 1 fully saturated rings. The zero-order chi connectivity index (χ0) is 16.6. The van der Waals surface area contributed by atoms with Crippen LogP contribution in [0.4, 0.5) is 0 Å². The summed E-state index contributed by atoms with van der Waals surface area (Å²) >= 11 is 0. The fraction of sp³-hybridized carbons (Fsp3) is 0.733. The lowest BCUT2D eigenvalue weighted by Gasteiger charge is -2.22. The molecule has 0 radical (unpaired) electrons. The van der Waals surface area contributed by atoms with E-state index >= 15 is 0 Å². The third-order valence-corrected chi connectivity index (χ3v) is 5.04. The van der Waals surface area contributed by atoms with Crippen molar-refractivity contribution in [1.29, 1.82) is 0 Å². The molecule has 1 aliphatic carbocycles. The molecular weight excluding hydrogens is 307 g/mol. The van der Waals surface area contributed by atoms with Gasteiger partial charge in [0.1, 0.15) is 5.41 Å². The molecule has 7 heteroatoms. The molecule has 22 heavy (non-hydrogen) atoms. The minimum Gasteiger partial charge on any atom is -0.465 e. The first kappa shape index (κ1) is 18.9. The standard InChI is InChI=1S/C15H23O6P/c1-4-19-14(17)15(10-7-9-13(15)16)11-8-12-22(18,20-5-2)21-6-3/h4-7,9-11H2,1-3H3. The fourth-order valence-electron chi connectivity index (χ4n) is 2.40. The maximum atomic E-state index is 12.2. The van der Waals surface area contributed by atoms with E-state index in [4.69, 9.17) is 13.8 Å². The first-order valence-electron chi connectivity index (χ1n) is 7.54. The second-order valence-electron chi connectivity index (χ2n) is 4.88. The lowest BCUT2D eigenvalue weighted by Crippen LogP contribution is -2.36.